The number of nitriles is 1. The van der Waals surface area contributed by atoms with Gasteiger partial charge in [0.1, 0.15) is 0 Å². The number of hydrogen-bond donors (Lipinski definition) is 2. The molecule has 6 nitrogen and oxygen atoms in total. The highest BCUT2D eigenvalue weighted by molar-refractivity contribution is 5.85. The number of carbonyl (C=O) groups excluding carboxylic acids is 1. The van der Waals surface area contributed by atoms with Gasteiger partial charge in [-0.05, 0) is 62.0 Å². The van der Waals surface area contributed by atoms with E-state index in [4.69, 9.17) is 5.26 Å². The molecule has 1 aromatic carbocycles. The highest BCUT2D eigenvalue weighted by Gasteiger charge is 2.40. The molecular weight excluding hydrogens is 316 g/mol. The molecule has 0 radical (unpaired) electrons. The van der Waals surface area contributed by atoms with Crippen LogP contribution in [0.25, 0.3) is 10.9 Å². The Hall–Kier alpha value is -2.52. The number of nitrogens with zero attached hydrogens (tertiary/aromatic N) is 2. The largest absolute Gasteiger partial charge is 0.453 e. The lowest BCUT2D eigenvalue weighted by Crippen LogP contribution is -2.29. The smallest absolute Gasteiger partial charge is 0.406 e. The standard InChI is InChI=1S/C19H24N4O2/c1-23(7-3-6-21-19(24)25-2)12-14-9-15(14)17-11-22-18-5-4-13(10-20)8-16(17)18/h4-5,8,11,14-15,22H,3,6-7,9,12H2,1-2H3,(H,21,24). The van der Waals surface area contributed by atoms with Crippen LogP contribution in [0.15, 0.2) is 24.4 Å². The predicted octanol–water partition coefficient (Wildman–Crippen LogP) is 2.82. The Labute approximate surface area is 147 Å². The van der Waals surface area contributed by atoms with E-state index in [0.29, 0.717) is 23.9 Å². The Kier molecular flexibility index (Phi) is 5.25. The van der Waals surface area contributed by atoms with Crippen molar-refractivity contribution in [2.75, 3.05) is 33.8 Å². The van der Waals surface area contributed by atoms with Crippen LogP contribution in [0.5, 0.6) is 0 Å². The fourth-order valence-corrected chi connectivity index (χ4v) is 3.45. The van der Waals surface area contributed by atoms with E-state index in [0.717, 1.165) is 25.0 Å². The van der Waals surface area contributed by atoms with E-state index < -0.39 is 0 Å². The summed E-state index contributed by atoms with van der Waals surface area (Å²) in [6.07, 6.45) is 3.81. The summed E-state index contributed by atoms with van der Waals surface area (Å²) in [7, 11) is 3.50. The lowest BCUT2D eigenvalue weighted by atomic mass is 10.1. The fourth-order valence-electron chi connectivity index (χ4n) is 3.45. The molecule has 6 heteroatoms. The molecule has 25 heavy (non-hydrogen) atoms. The van der Waals surface area contributed by atoms with E-state index in [9.17, 15) is 4.79 Å². The summed E-state index contributed by atoms with van der Waals surface area (Å²) in [5.41, 5.74) is 3.14. The number of benzene rings is 1. The highest BCUT2D eigenvalue weighted by atomic mass is 16.5. The van der Waals surface area contributed by atoms with Gasteiger partial charge in [0.15, 0.2) is 0 Å². The minimum atomic E-state index is -0.374. The molecule has 0 aliphatic heterocycles. The van der Waals surface area contributed by atoms with Crippen molar-refractivity contribution in [3.8, 4) is 6.07 Å². The summed E-state index contributed by atoms with van der Waals surface area (Å²) in [6.45, 7) is 2.62. The summed E-state index contributed by atoms with van der Waals surface area (Å²) in [5, 5.41) is 13.0. The second-order valence-corrected chi connectivity index (χ2v) is 6.75. The van der Waals surface area contributed by atoms with Crippen LogP contribution in [-0.2, 0) is 4.74 Å². The molecule has 2 unspecified atom stereocenters. The first-order valence-corrected chi connectivity index (χ1v) is 8.64. The lowest BCUT2D eigenvalue weighted by Gasteiger charge is -2.16. The summed E-state index contributed by atoms with van der Waals surface area (Å²) >= 11 is 0. The molecule has 2 N–H and O–H groups in total. The van der Waals surface area contributed by atoms with Crippen LogP contribution in [0.4, 0.5) is 4.79 Å². The number of ether oxygens (including phenoxy) is 1. The molecule has 1 amide bonds. The summed E-state index contributed by atoms with van der Waals surface area (Å²) in [5.74, 6) is 1.22. The Bertz CT molecular complexity index is 792. The van der Waals surface area contributed by atoms with Gasteiger partial charge in [-0.3, -0.25) is 0 Å². The van der Waals surface area contributed by atoms with E-state index in [-0.39, 0.29) is 6.09 Å². The van der Waals surface area contributed by atoms with Crippen LogP contribution in [0, 0.1) is 17.2 Å². The van der Waals surface area contributed by atoms with Crippen molar-refractivity contribution in [3.05, 3.63) is 35.5 Å². The average Bonchev–Trinajstić information content (AvgIpc) is 3.24. The summed E-state index contributed by atoms with van der Waals surface area (Å²) in [6, 6.07) is 8.04. The normalized spacial score (nSPS) is 19.0. The van der Waals surface area contributed by atoms with Crippen LogP contribution >= 0.6 is 0 Å². The zero-order valence-corrected chi connectivity index (χ0v) is 14.7. The zero-order chi connectivity index (χ0) is 17.8. The van der Waals surface area contributed by atoms with Crippen LogP contribution in [0.2, 0.25) is 0 Å². The number of amides is 1. The number of aromatic nitrogens is 1. The van der Waals surface area contributed by atoms with Crippen LogP contribution in [-0.4, -0.2) is 49.8 Å². The van der Waals surface area contributed by atoms with Crippen molar-refractivity contribution in [2.45, 2.75) is 18.8 Å². The predicted molar refractivity (Wildman–Crippen MR) is 96.4 cm³/mol. The first kappa shape index (κ1) is 17.3. The highest BCUT2D eigenvalue weighted by Crippen LogP contribution is 2.49. The second kappa shape index (κ2) is 7.58. The monoisotopic (exact) mass is 340 g/mol. The molecule has 1 fully saturated rings. The van der Waals surface area contributed by atoms with Gasteiger partial charge in [-0.1, -0.05) is 0 Å². The number of methoxy groups -OCH3 is 1. The number of rotatable bonds is 7. The molecule has 1 saturated carbocycles. The summed E-state index contributed by atoms with van der Waals surface area (Å²) in [4.78, 5) is 16.6. The van der Waals surface area contributed by atoms with Gasteiger partial charge in [0, 0.05) is 30.2 Å². The van der Waals surface area contributed by atoms with Gasteiger partial charge >= 0.3 is 6.09 Å². The lowest BCUT2D eigenvalue weighted by molar-refractivity contribution is 0.170. The first-order chi connectivity index (χ1) is 12.1. The molecule has 2 atom stereocenters. The van der Waals surface area contributed by atoms with Crippen molar-refractivity contribution < 1.29 is 9.53 Å². The number of fused-ring (bicyclic) bond motifs is 1. The van der Waals surface area contributed by atoms with Crippen LogP contribution in [0.3, 0.4) is 0 Å². The van der Waals surface area contributed by atoms with Gasteiger partial charge in [0.25, 0.3) is 0 Å². The Balaban J connectivity index is 1.50. The maximum absolute atomic E-state index is 11.0. The van der Waals surface area contributed by atoms with Gasteiger partial charge in [0.2, 0.25) is 0 Å². The minimum absolute atomic E-state index is 0.374. The Morgan fingerprint density at radius 2 is 2.36 bits per heavy atom. The molecule has 2 aromatic rings. The number of aromatic amines is 1. The van der Waals surface area contributed by atoms with Crippen LogP contribution in [0.1, 0.15) is 29.9 Å². The maximum atomic E-state index is 11.0. The Morgan fingerprint density at radius 3 is 3.12 bits per heavy atom. The number of alkyl carbamates (subject to hydrolysis) is 1. The molecule has 3 rings (SSSR count). The van der Waals surface area contributed by atoms with Gasteiger partial charge in [-0.15, -0.1) is 0 Å². The average molecular weight is 340 g/mol. The SMILES string of the molecule is COC(=O)NCCCN(C)CC1CC1c1c[nH]c2ccc(C#N)cc12. The molecule has 1 aromatic heterocycles. The first-order valence-electron chi connectivity index (χ1n) is 8.64. The maximum Gasteiger partial charge on any atom is 0.406 e. The zero-order valence-electron chi connectivity index (χ0n) is 14.7. The third-order valence-corrected chi connectivity index (χ3v) is 4.88. The van der Waals surface area contributed by atoms with Crippen molar-refractivity contribution in [1.29, 1.82) is 5.26 Å². The van der Waals surface area contributed by atoms with E-state index >= 15 is 0 Å². The quantitative estimate of drug-likeness (QED) is 0.760. The van der Waals surface area contributed by atoms with E-state index in [1.165, 1.54) is 24.5 Å². The topological polar surface area (TPSA) is 81.2 Å². The molecular formula is C19H24N4O2. The fraction of sp³-hybridized carbons (Fsp3) is 0.474. The number of H-pyrrole nitrogens is 1. The van der Waals surface area contributed by atoms with Gasteiger partial charge in [-0.2, -0.15) is 5.26 Å². The van der Waals surface area contributed by atoms with Gasteiger partial charge in [0.05, 0.1) is 18.7 Å². The van der Waals surface area contributed by atoms with E-state index in [1.807, 2.05) is 18.2 Å². The van der Waals surface area contributed by atoms with Crippen molar-refractivity contribution in [2.24, 2.45) is 5.92 Å². The van der Waals surface area contributed by atoms with Crippen LogP contribution < -0.4 is 5.32 Å². The number of nitrogens with one attached hydrogen (secondary N) is 2. The molecule has 1 aliphatic rings. The van der Waals surface area contributed by atoms with Gasteiger partial charge < -0.3 is 19.9 Å². The second-order valence-electron chi connectivity index (χ2n) is 6.75. The Morgan fingerprint density at radius 1 is 1.52 bits per heavy atom. The van der Waals surface area contributed by atoms with Crippen molar-refractivity contribution in [1.82, 2.24) is 15.2 Å². The molecule has 1 aliphatic carbocycles. The van der Waals surface area contributed by atoms with E-state index in [2.05, 4.69) is 39.3 Å². The number of carbonyl (C=O) groups is 1. The minimum Gasteiger partial charge on any atom is -0.453 e. The third kappa shape index (κ3) is 4.12. The van der Waals surface area contributed by atoms with Gasteiger partial charge in [-0.25, -0.2) is 4.79 Å². The molecule has 0 saturated heterocycles. The molecule has 0 bridgehead atoms. The van der Waals surface area contributed by atoms with Crippen molar-refractivity contribution >= 4 is 17.0 Å². The third-order valence-electron chi connectivity index (χ3n) is 4.88. The van der Waals surface area contributed by atoms with E-state index in [1.54, 1.807) is 0 Å². The van der Waals surface area contributed by atoms with Crippen molar-refractivity contribution in [3.63, 3.8) is 0 Å². The number of hydrogen-bond acceptors (Lipinski definition) is 4. The molecule has 1 heterocycles. The molecule has 132 valence electrons. The summed E-state index contributed by atoms with van der Waals surface area (Å²) < 4.78 is 4.55. The molecule has 0 spiro atoms.